The van der Waals surface area contributed by atoms with Crippen LogP contribution in [0.1, 0.15) is 39.8 Å². The number of hydrogen-bond acceptors (Lipinski definition) is 6. The Balaban J connectivity index is 1.84. The summed E-state index contributed by atoms with van der Waals surface area (Å²) in [6.07, 6.45) is 2.59. The Bertz CT molecular complexity index is 951. The minimum absolute atomic E-state index is 0.213. The van der Waals surface area contributed by atoms with Crippen LogP contribution in [-0.4, -0.2) is 26.5 Å². The van der Waals surface area contributed by atoms with E-state index in [1.165, 1.54) is 16.0 Å². The van der Waals surface area contributed by atoms with E-state index in [2.05, 4.69) is 33.3 Å². The largest absolute Gasteiger partial charge is 0.404 e. The molecule has 0 saturated heterocycles. The van der Waals surface area contributed by atoms with Gasteiger partial charge in [0, 0.05) is 4.88 Å². The van der Waals surface area contributed by atoms with Gasteiger partial charge >= 0.3 is 5.82 Å². The van der Waals surface area contributed by atoms with Crippen molar-refractivity contribution in [1.82, 2.24) is 9.78 Å². The van der Waals surface area contributed by atoms with E-state index >= 15 is 0 Å². The smallest absolute Gasteiger partial charge is 0.365 e. The fourth-order valence-electron chi connectivity index (χ4n) is 3.18. The van der Waals surface area contributed by atoms with E-state index in [0.29, 0.717) is 22.2 Å². The molecule has 0 unspecified atom stereocenters. The lowest BCUT2D eigenvalue weighted by molar-refractivity contribution is -0.390. The second-order valence-corrected chi connectivity index (χ2v) is 8.50. The lowest BCUT2D eigenvalue weighted by atomic mass is 9.88. The van der Waals surface area contributed by atoms with Gasteiger partial charge < -0.3 is 21.2 Å². The summed E-state index contributed by atoms with van der Waals surface area (Å²) in [6.45, 7) is 3.56. The van der Waals surface area contributed by atoms with Crippen LogP contribution in [0.5, 0.6) is 0 Å². The Kier molecular flexibility index (Phi) is 5.33. The predicted octanol–water partition coefficient (Wildman–Crippen LogP) is 2.79. The highest BCUT2D eigenvalue weighted by Gasteiger charge is 2.28. The van der Waals surface area contributed by atoms with Gasteiger partial charge in [0.2, 0.25) is 5.91 Å². The number of halogens is 1. The Morgan fingerprint density at radius 2 is 2.22 bits per heavy atom. The van der Waals surface area contributed by atoms with Crippen LogP contribution in [0.3, 0.4) is 0 Å². The van der Waals surface area contributed by atoms with E-state index in [-0.39, 0.29) is 16.8 Å². The lowest BCUT2D eigenvalue weighted by Gasteiger charge is -2.18. The zero-order valence-electron chi connectivity index (χ0n) is 14.7. The summed E-state index contributed by atoms with van der Waals surface area (Å²) < 4.78 is 1.48. The molecule has 2 heterocycles. The van der Waals surface area contributed by atoms with Gasteiger partial charge in [-0.1, -0.05) is 6.92 Å². The molecule has 1 atom stereocenters. The predicted molar refractivity (Wildman–Crippen MR) is 104 cm³/mol. The van der Waals surface area contributed by atoms with Crippen molar-refractivity contribution in [3.8, 4) is 0 Å². The first-order valence-corrected chi connectivity index (χ1v) is 9.91. The summed E-state index contributed by atoms with van der Waals surface area (Å²) in [4.78, 5) is 35.8. The maximum absolute atomic E-state index is 12.5. The average molecular weight is 456 g/mol. The van der Waals surface area contributed by atoms with Gasteiger partial charge in [0.15, 0.2) is 0 Å². The molecule has 3 rings (SSSR count). The highest BCUT2D eigenvalue weighted by atomic mass is 79.9. The molecule has 0 saturated carbocycles. The lowest BCUT2D eigenvalue weighted by Crippen LogP contribution is -2.22. The summed E-state index contributed by atoms with van der Waals surface area (Å²) >= 11 is 4.49. The van der Waals surface area contributed by atoms with Crippen LogP contribution in [0.4, 0.5) is 10.8 Å². The molecule has 2 aromatic rings. The Labute approximate surface area is 167 Å². The van der Waals surface area contributed by atoms with Crippen molar-refractivity contribution >= 4 is 49.9 Å². The standard InChI is InChI=1S/C16H18BrN5O4S/c1-7-3-4-9-10(5-7)27-16(12(9)14(18)24)19-11(23)6-21-8(2)13(17)15(20-21)22(25)26/h7H,3-6H2,1-2H3,(H2,18,24)(H,19,23)/t7-/m0/s1. The highest BCUT2D eigenvalue weighted by Crippen LogP contribution is 2.39. The van der Waals surface area contributed by atoms with Gasteiger partial charge in [0.25, 0.3) is 5.91 Å². The molecule has 0 spiro atoms. The van der Waals surface area contributed by atoms with Gasteiger partial charge in [0.1, 0.15) is 16.0 Å². The molecule has 1 aliphatic rings. The fourth-order valence-corrected chi connectivity index (χ4v) is 5.04. The number of amides is 2. The zero-order chi connectivity index (χ0) is 19.9. The Hall–Kier alpha value is -2.27. The van der Waals surface area contributed by atoms with Gasteiger partial charge in [-0.15, -0.1) is 11.3 Å². The number of rotatable bonds is 5. The van der Waals surface area contributed by atoms with E-state index in [1.54, 1.807) is 6.92 Å². The van der Waals surface area contributed by atoms with Crippen molar-refractivity contribution in [3.05, 3.63) is 36.3 Å². The third-order valence-corrected chi connectivity index (χ3v) is 6.69. The van der Waals surface area contributed by atoms with E-state index in [1.807, 2.05) is 0 Å². The van der Waals surface area contributed by atoms with Gasteiger partial charge in [-0.2, -0.15) is 4.68 Å². The number of anilines is 1. The van der Waals surface area contributed by atoms with Crippen molar-refractivity contribution < 1.29 is 14.5 Å². The normalized spacial score (nSPS) is 16.0. The van der Waals surface area contributed by atoms with Crippen LogP contribution < -0.4 is 11.1 Å². The van der Waals surface area contributed by atoms with Crippen LogP contribution in [0.15, 0.2) is 4.47 Å². The number of carbonyl (C=O) groups is 2. The molecule has 9 nitrogen and oxygen atoms in total. The van der Waals surface area contributed by atoms with Crippen LogP contribution in [-0.2, 0) is 24.2 Å². The van der Waals surface area contributed by atoms with Crippen molar-refractivity contribution in [1.29, 1.82) is 0 Å². The number of nitrogens with one attached hydrogen (secondary N) is 1. The number of thiophene rings is 1. The van der Waals surface area contributed by atoms with Gasteiger partial charge in [-0.05, 0) is 58.5 Å². The van der Waals surface area contributed by atoms with Gasteiger partial charge in [-0.3, -0.25) is 9.59 Å². The maximum atomic E-state index is 12.5. The number of nitrogens with zero attached hydrogens (tertiary/aromatic N) is 3. The summed E-state index contributed by atoms with van der Waals surface area (Å²) in [5.41, 5.74) is 7.31. The summed E-state index contributed by atoms with van der Waals surface area (Å²) in [7, 11) is 0. The minimum Gasteiger partial charge on any atom is -0.365 e. The molecule has 11 heteroatoms. The minimum atomic E-state index is -0.620. The van der Waals surface area contributed by atoms with Crippen molar-refractivity contribution in [2.24, 2.45) is 11.7 Å². The Morgan fingerprint density at radius 3 is 2.81 bits per heavy atom. The number of aromatic nitrogens is 2. The van der Waals surface area contributed by atoms with Crippen LogP contribution in [0.2, 0.25) is 0 Å². The SMILES string of the molecule is Cc1c(Br)c([N+](=O)[O-])nn1CC(=O)Nc1sc2c(c1C(N)=O)CC[C@H](C)C2. The summed E-state index contributed by atoms with van der Waals surface area (Å²) in [5.74, 6) is -0.827. The van der Waals surface area contributed by atoms with Gasteiger partial charge in [0.05, 0.1) is 16.4 Å². The third kappa shape index (κ3) is 3.74. The monoisotopic (exact) mass is 455 g/mol. The topological polar surface area (TPSA) is 133 Å². The number of primary amides is 1. The zero-order valence-corrected chi connectivity index (χ0v) is 17.1. The molecule has 0 radical (unpaired) electrons. The molecule has 0 aromatic carbocycles. The second-order valence-electron chi connectivity index (χ2n) is 6.61. The molecule has 27 heavy (non-hydrogen) atoms. The van der Waals surface area contributed by atoms with Crippen LogP contribution in [0.25, 0.3) is 0 Å². The number of hydrogen-bond donors (Lipinski definition) is 2. The molecule has 144 valence electrons. The first kappa shape index (κ1) is 19.5. The number of nitro groups is 1. The van der Waals surface area contributed by atoms with Crippen molar-refractivity contribution in [2.75, 3.05) is 5.32 Å². The molecule has 1 aliphatic carbocycles. The fraction of sp³-hybridized carbons (Fsp3) is 0.438. The Morgan fingerprint density at radius 1 is 1.52 bits per heavy atom. The first-order valence-electron chi connectivity index (χ1n) is 8.30. The van der Waals surface area contributed by atoms with E-state index in [9.17, 15) is 19.7 Å². The van der Waals surface area contributed by atoms with E-state index < -0.39 is 16.7 Å². The molecule has 3 N–H and O–H groups in total. The van der Waals surface area contributed by atoms with Crippen LogP contribution >= 0.6 is 27.3 Å². The molecule has 0 fully saturated rings. The third-order valence-electron chi connectivity index (χ3n) is 4.59. The highest BCUT2D eigenvalue weighted by molar-refractivity contribution is 9.10. The van der Waals surface area contributed by atoms with Gasteiger partial charge in [-0.25, -0.2) is 0 Å². The van der Waals surface area contributed by atoms with E-state index in [0.717, 1.165) is 29.7 Å². The van der Waals surface area contributed by atoms with Crippen LogP contribution in [0, 0.1) is 23.0 Å². The molecule has 2 amide bonds. The molecule has 2 aromatic heterocycles. The molecule has 0 aliphatic heterocycles. The number of fused-ring (bicyclic) bond motifs is 1. The van der Waals surface area contributed by atoms with Crippen molar-refractivity contribution in [3.63, 3.8) is 0 Å². The summed E-state index contributed by atoms with van der Waals surface area (Å²) in [6, 6.07) is 0. The van der Waals surface area contributed by atoms with Crippen molar-refractivity contribution in [2.45, 2.75) is 39.7 Å². The van der Waals surface area contributed by atoms with E-state index in [4.69, 9.17) is 5.73 Å². The first-order chi connectivity index (χ1) is 12.7. The average Bonchev–Trinajstić information content (AvgIpc) is 3.06. The number of nitrogens with two attached hydrogens (primary N) is 1. The maximum Gasteiger partial charge on any atom is 0.404 e. The molecular weight excluding hydrogens is 438 g/mol. The second kappa shape index (κ2) is 7.39. The summed E-state index contributed by atoms with van der Waals surface area (Å²) in [5, 5.41) is 18.0. The molecule has 0 bridgehead atoms. The molecular formula is C16H18BrN5O4S. The number of carbonyl (C=O) groups excluding carboxylic acids is 2. The quantitative estimate of drug-likeness (QED) is 0.527.